The van der Waals surface area contributed by atoms with Crippen LogP contribution in [0.5, 0.6) is 0 Å². The number of aryl methyl sites for hydroxylation is 1. The van der Waals surface area contributed by atoms with Gasteiger partial charge in [-0.25, -0.2) is 0 Å². The standard InChI is InChI=1S/C6H9N.C5H5N.BrH/c1-2-7-5-3-4-6-7;1-2-4-6-5-3-1;/h3-6H,2H2,1H3;1-5H;1H. The van der Waals surface area contributed by atoms with Gasteiger partial charge in [-0.15, -0.1) is 17.0 Å². The van der Waals surface area contributed by atoms with Crippen molar-refractivity contribution in [2.75, 3.05) is 0 Å². The van der Waals surface area contributed by atoms with E-state index in [9.17, 15) is 0 Å². The number of aromatic nitrogens is 2. The van der Waals surface area contributed by atoms with Crippen molar-refractivity contribution in [1.29, 1.82) is 0 Å². The van der Waals surface area contributed by atoms with Crippen LogP contribution < -0.4 is 0 Å². The zero-order chi connectivity index (χ0) is 9.36. The van der Waals surface area contributed by atoms with Crippen LogP contribution in [0.4, 0.5) is 0 Å². The maximum atomic E-state index is 3.78. The van der Waals surface area contributed by atoms with E-state index in [1.165, 1.54) is 0 Å². The predicted molar refractivity (Wildman–Crippen MR) is 64.7 cm³/mol. The largest absolute Gasteiger partial charge is 0.355 e. The molecule has 0 saturated heterocycles. The Morgan fingerprint density at radius 2 is 1.50 bits per heavy atom. The van der Waals surface area contributed by atoms with Gasteiger partial charge in [0.2, 0.25) is 0 Å². The number of hydrogen-bond acceptors (Lipinski definition) is 1. The first kappa shape index (κ1) is 12.9. The second kappa shape index (κ2) is 8.51. The highest BCUT2D eigenvalue weighted by atomic mass is 79.9. The lowest BCUT2D eigenvalue weighted by Crippen LogP contribution is -1.85. The first-order valence-electron chi connectivity index (χ1n) is 4.39. The molecule has 2 aromatic heterocycles. The molecule has 0 radical (unpaired) electrons. The molecule has 0 aliphatic heterocycles. The van der Waals surface area contributed by atoms with Gasteiger partial charge in [-0.05, 0) is 31.2 Å². The summed E-state index contributed by atoms with van der Waals surface area (Å²) in [7, 11) is 0. The summed E-state index contributed by atoms with van der Waals surface area (Å²) in [6, 6.07) is 9.78. The van der Waals surface area contributed by atoms with Crippen molar-refractivity contribution in [2.45, 2.75) is 13.5 Å². The van der Waals surface area contributed by atoms with E-state index in [0.29, 0.717) is 0 Å². The van der Waals surface area contributed by atoms with Crippen LogP contribution in [0.15, 0.2) is 55.1 Å². The lowest BCUT2D eigenvalue weighted by molar-refractivity contribution is 0.769. The molecule has 0 atom stereocenters. The van der Waals surface area contributed by atoms with Crippen LogP contribution >= 0.6 is 17.0 Å². The van der Waals surface area contributed by atoms with E-state index in [-0.39, 0.29) is 17.0 Å². The van der Waals surface area contributed by atoms with Crippen LogP contribution in [0.3, 0.4) is 0 Å². The van der Waals surface area contributed by atoms with Gasteiger partial charge in [0.05, 0.1) is 0 Å². The minimum Gasteiger partial charge on any atom is -0.355 e. The number of nitrogens with zero attached hydrogens (tertiary/aromatic N) is 2. The summed E-state index contributed by atoms with van der Waals surface area (Å²) in [5.74, 6) is 0. The van der Waals surface area contributed by atoms with Crippen molar-refractivity contribution in [3.05, 3.63) is 55.1 Å². The van der Waals surface area contributed by atoms with E-state index < -0.39 is 0 Å². The maximum absolute atomic E-state index is 3.78. The lowest BCUT2D eigenvalue weighted by atomic mass is 10.5. The summed E-state index contributed by atoms with van der Waals surface area (Å²) in [6.07, 6.45) is 7.61. The highest BCUT2D eigenvalue weighted by molar-refractivity contribution is 8.93. The van der Waals surface area contributed by atoms with Gasteiger partial charge in [0, 0.05) is 31.3 Å². The Labute approximate surface area is 95.4 Å². The molecule has 14 heavy (non-hydrogen) atoms. The fourth-order valence-corrected chi connectivity index (χ4v) is 0.894. The summed E-state index contributed by atoms with van der Waals surface area (Å²) in [6.45, 7) is 3.20. The average molecular weight is 255 g/mol. The van der Waals surface area contributed by atoms with Crippen LogP contribution in [-0.2, 0) is 6.54 Å². The van der Waals surface area contributed by atoms with Crippen molar-refractivity contribution >= 4 is 17.0 Å². The average Bonchev–Trinajstić information content (AvgIpc) is 2.74. The minimum atomic E-state index is 0. The molecule has 0 spiro atoms. The van der Waals surface area contributed by atoms with Crippen LogP contribution in [0.25, 0.3) is 0 Å². The normalized spacial score (nSPS) is 8.07. The molecular weight excluding hydrogens is 240 g/mol. The van der Waals surface area contributed by atoms with Gasteiger partial charge in [0.1, 0.15) is 0 Å². The Morgan fingerprint density at radius 1 is 0.929 bits per heavy atom. The summed E-state index contributed by atoms with van der Waals surface area (Å²) < 4.78 is 2.12. The van der Waals surface area contributed by atoms with Crippen LogP contribution in [0, 0.1) is 0 Å². The molecule has 0 aliphatic carbocycles. The zero-order valence-electron chi connectivity index (χ0n) is 8.21. The Morgan fingerprint density at radius 3 is 1.71 bits per heavy atom. The monoisotopic (exact) mass is 254 g/mol. The predicted octanol–water partition coefficient (Wildman–Crippen LogP) is 3.17. The van der Waals surface area contributed by atoms with Gasteiger partial charge in [-0.2, -0.15) is 0 Å². The molecule has 2 heterocycles. The topological polar surface area (TPSA) is 17.8 Å². The summed E-state index contributed by atoms with van der Waals surface area (Å²) in [5.41, 5.74) is 0. The van der Waals surface area contributed by atoms with Crippen molar-refractivity contribution in [1.82, 2.24) is 9.55 Å². The van der Waals surface area contributed by atoms with E-state index >= 15 is 0 Å². The number of halogens is 1. The number of rotatable bonds is 1. The number of pyridine rings is 1. The van der Waals surface area contributed by atoms with Gasteiger partial charge in [-0.1, -0.05) is 6.07 Å². The molecule has 0 saturated carbocycles. The van der Waals surface area contributed by atoms with Crippen molar-refractivity contribution in [3.63, 3.8) is 0 Å². The van der Waals surface area contributed by atoms with Gasteiger partial charge < -0.3 is 4.57 Å². The van der Waals surface area contributed by atoms with Crippen LogP contribution in [0.1, 0.15) is 6.92 Å². The van der Waals surface area contributed by atoms with Gasteiger partial charge in [0.25, 0.3) is 0 Å². The highest BCUT2D eigenvalue weighted by Gasteiger charge is 1.75. The summed E-state index contributed by atoms with van der Waals surface area (Å²) >= 11 is 0. The minimum absolute atomic E-state index is 0. The first-order chi connectivity index (χ1) is 6.43. The van der Waals surface area contributed by atoms with E-state index in [4.69, 9.17) is 0 Å². The Bertz CT molecular complexity index is 265. The quantitative estimate of drug-likeness (QED) is 0.765. The molecule has 0 aliphatic rings. The molecule has 2 nitrogen and oxygen atoms in total. The van der Waals surface area contributed by atoms with E-state index in [1.54, 1.807) is 12.4 Å². The van der Waals surface area contributed by atoms with Crippen molar-refractivity contribution in [3.8, 4) is 0 Å². The maximum Gasteiger partial charge on any atom is 0.0267 e. The zero-order valence-corrected chi connectivity index (χ0v) is 9.92. The van der Waals surface area contributed by atoms with Crippen LogP contribution in [0.2, 0.25) is 0 Å². The van der Waals surface area contributed by atoms with E-state index in [0.717, 1.165) is 6.54 Å². The third kappa shape index (κ3) is 5.54. The fraction of sp³-hybridized carbons (Fsp3) is 0.182. The molecular formula is C11H15BrN2. The molecule has 3 heteroatoms. The molecule has 76 valence electrons. The van der Waals surface area contributed by atoms with Gasteiger partial charge in [-0.3, -0.25) is 4.98 Å². The molecule has 0 aromatic carbocycles. The Balaban J connectivity index is 0.000000227. The van der Waals surface area contributed by atoms with Gasteiger partial charge >= 0.3 is 0 Å². The SMILES string of the molecule is Br.CCn1cccc1.c1ccncc1. The third-order valence-corrected chi connectivity index (χ3v) is 1.60. The molecule has 0 fully saturated rings. The molecule has 2 rings (SSSR count). The lowest BCUT2D eigenvalue weighted by Gasteiger charge is -1.89. The second-order valence-electron chi connectivity index (χ2n) is 2.54. The molecule has 2 aromatic rings. The Kier molecular flexibility index (Phi) is 7.84. The van der Waals surface area contributed by atoms with Crippen LogP contribution in [-0.4, -0.2) is 9.55 Å². The number of hydrogen-bond donors (Lipinski definition) is 0. The smallest absolute Gasteiger partial charge is 0.0267 e. The molecule has 0 unspecified atom stereocenters. The first-order valence-corrected chi connectivity index (χ1v) is 4.39. The molecule has 0 amide bonds. The Hall–Kier alpha value is -1.09. The van der Waals surface area contributed by atoms with E-state index in [2.05, 4.69) is 28.9 Å². The summed E-state index contributed by atoms with van der Waals surface area (Å²) in [5, 5.41) is 0. The fourth-order valence-electron chi connectivity index (χ4n) is 0.894. The van der Waals surface area contributed by atoms with E-state index in [1.807, 2.05) is 30.3 Å². The van der Waals surface area contributed by atoms with Gasteiger partial charge in [0.15, 0.2) is 0 Å². The molecule has 0 N–H and O–H groups in total. The third-order valence-electron chi connectivity index (χ3n) is 1.60. The van der Waals surface area contributed by atoms with Crippen molar-refractivity contribution in [2.24, 2.45) is 0 Å². The summed E-state index contributed by atoms with van der Waals surface area (Å²) in [4.78, 5) is 3.78. The highest BCUT2D eigenvalue weighted by Crippen LogP contribution is 1.86. The second-order valence-corrected chi connectivity index (χ2v) is 2.54. The van der Waals surface area contributed by atoms with Crippen molar-refractivity contribution < 1.29 is 0 Å². The molecule has 0 bridgehead atoms.